The molecule has 0 radical (unpaired) electrons. The van der Waals surface area contributed by atoms with E-state index in [9.17, 15) is 10.0 Å². The number of carbonyl (C=O) groups is 1. The predicted molar refractivity (Wildman–Crippen MR) is 82.0 cm³/mol. The van der Waals surface area contributed by atoms with Gasteiger partial charge in [0.2, 0.25) is 0 Å². The van der Waals surface area contributed by atoms with Crippen molar-refractivity contribution in [1.82, 2.24) is 10.6 Å². The van der Waals surface area contributed by atoms with Gasteiger partial charge < -0.3 is 10.5 Å². The normalized spacial score (nSPS) is 12.0. The number of rotatable bonds is 6. The summed E-state index contributed by atoms with van der Waals surface area (Å²) in [5.74, 6) is 0.729. The molecule has 0 aliphatic carbocycles. The van der Waals surface area contributed by atoms with Crippen LogP contribution in [0.25, 0.3) is 0 Å². The summed E-state index contributed by atoms with van der Waals surface area (Å²) in [4.78, 5) is 10.7. The van der Waals surface area contributed by atoms with Gasteiger partial charge in [-0.2, -0.15) is 0 Å². The zero-order valence-electron chi connectivity index (χ0n) is 12.3. The number of nitrogens with zero attached hydrogens (tertiary/aromatic N) is 1. The number of nitrogens with one attached hydrogen (secondary N) is 1. The van der Waals surface area contributed by atoms with Crippen LogP contribution < -0.4 is 15.9 Å². The van der Waals surface area contributed by atoms with E-state index in [-0.39, 0.29) is 0 Å². The molecule has 4 N–H and O–H groups in total. The molecule has 0 spiro atoms. The molecule has 6 heteroatoms. The zero-order chi connectivity index (χ0) is 15.9. The molecule has 22 heavy (non-hydrogen) atoms. The maximum Gasteiger partial charge on any atom is 0.328 e. The van der Waals surface area contributed by atoms with Gasteiger partial charge >= 0.3 is 6.03 Å². The molecule has 0 heterocycles. The molecule has 2 amide bonds. The molecule has 1 atom stereocenters. The summed E-state index contributed by atoms with van der Waals surface area (Å²) in [7, 11) is 0. The summed E-state index contributed by atoms with van der Waals surface area (Å²) in [5, 5.41) is 10.3. The molecule has 0 fully saturated rings. The molecule has 6 nitrogen and oxygen atoms in total. The van der Waals surface area contributed by atoms with E-state index in [4.69, 9.17) is 10.5 Å². The van der Waals surface area contributed by atoms with E-state index in [0.29, 0.717) is 11.8 Å². The van der Waals surface area contributed by atoms with Crippen LogP contribution in [-0.4, -0.2) is 16.4 Å². The van der Waals surface area contributed by atoms with E-state index in [2.05, 4.69) is 5.43 Å². The van der Waals surface area contributed by atoms with Crippen LogP contribution in [0.4, 0.5) is 4.79 Å². The van der Waals surface area contributed by atoms with Crippen molar-refractivity contribution in [2.24, 2.45) is 5.73 Å². The molecule has 1 unspecified atom stereocenters. The molecule has 2 aromatic rings. The van der Waals surface area contributed by atoms with E-state index in [1.807, 2.05) is 54.6 Å². The van der Waals surface area contributed by atoms with Crippen molar-refractivity contribution in [1.29, 1.82) is 0 Å². The summed E-state index contributed by atoms with van der Waals surface area (Å²) < 4.78 is 5.69. The van der Waals surface area contributed by atoms with Crippen LogP contribution in [0.15, 0.2) is 54.6 Å². The second-order valence-electron chi connectivity index (χ2n) is 4.84. The topological polar surface area (TPSA) is 87.8 Å². The summed E-state index contributed by atoms with van der Waals surface area (Å²) >= 11 is 0. The van der Waals surface area contributed by atoms with Gasteiger partial charge in [0.25, 0.3) is 0 Å². The summed E-state index contributed by atoms with van der Waals surface area (Å²) in [6, 6.07) is 15.9. The average Bonchev–Trinajstić information content (AvgIpc) is 2.53. The van der Waals surface area contributed by atoms with Crippen molar-refractivity contribution in [3.05, 3.63) is 65.7 Å². The van der Waals surface area contributed by atoms with Gasteiger partial charge in [0, 0.05) is 0 Å². The molecule has 0 bridgehead atoms. The average molecular weight is 301 g/mol. The summed E-state index contributed by atoms with van der Waals surface area (Å²) in [6.07, 6.45) is 0. The third kappa shape index (κ3) is 4.47. The Balaban J connectivity index is 1.93. The zero-order valence-corrected chi connectivity index (χ0v) is 12.3. The van der Waals surface area contributed by atoms with Crippen LogP contribution in [-0.2, 0) is 6.61 Å². The lowest BCUT2D eigenvalue weighted by molar-refractivity contribution is -0.153. The van der Waals surface area contributed by atoms with Gasteiger partial charge in [0.1, 0.15) is 12.4 Å². The Labute approximate surface area is 129 Å². The largest absolute Gasteiger partial charge is 0.489 e. The van der Waals surface area contributed by atoms with Gasteiger partial charge in [-0.1, -0.05) is 47.6 Å². The van der Waals surface area contributed by atoms with Gasteiger partial charge in [-0.25, -0.2) is 10.2 Å². The van der Waals surface area contributed by atoms with Crippen LogP contribution in [0.1, 0.15) is 24.1 Å². The highest BCUT2D eigenvalue weighted by atomic mass is 16.5. The van der Waals surface area contributed by atoms with E-state index >= 15 is 0 Å². The molecule has 0 aromatic heterocycles. The van der Waals surface area contributed by atoms with Crippen LogP contribution in [0.3, 0.4) is 0 Å². The molecular weight excluding hydrogens is 282 g/mol. The SMILES string of the molecule is CC(c1ccc(OCc2ccccc2)cc1)N(O)NC(N)=O. The highest BCUT2D eigenvalue weighted by Gasteiger charge is 2.14. The minimum absolute atomic E-state index is 0.435. The van der Waals surface area contributed by atoms with Crippen LogP contribution in [0.5, 0.6) is 5.75 Å². The van der Waals surface area contributed by atoms with Crippen LogP contribution >= 0.6 is 0 Å². The third-order valence-electron chi connectivity index (χ3n) is 3.20. The first-order valence-electron chi connectivity index (χ1n) is 6.87. The standard InChI is InChI=1S/C16H19N3O3/c1-12(19(21)18-16(17)20)14-7-9-15(10-8-14)22-11-13-5-3-2-4-6-13/h2-10,12,21H,11H2,1H3,(H3,17,18,20). The van der Waals surface area contributed by atoms with Crippen LogP contribution in [0, 0.1) is 0 Å². The van der Waals surface area contributed by atoms with Crippen molar-refractivity contribution in [3.63, 3.8) is 0 Å². The fraction of sp³-hybridized carbons (Fsp3) is 0.188. The maximum absolute atomic E-state index is 10.7. The van der Waals surface area contributed by atoms with E-state index in [1.165, 1.54) is 0 Å². The van der Waals surface area contributed by atoms with E-state index in [1.54, 1.807) is 6.92 Å². The Morgan fingerprint density at radius 2 is 1.86 bits per heavy atom. The number of hydrazine groups is 1. The molecule has 0 aliphatic heterocycles. The molecule has 0 saturated carbocycles. The number of nitrogens with two attached hydrogens (primary N) is 1. The van der Waals surface area contributed by atoms with Gasteiger partial charge in [-0.05, 0) is 30.2 Å². The molecule has 0 saturated heterocycles. The smallest absolute Gasteiger partial charge is 0.328 e. The number of hydrogen-bond acceptors (Lipinski definition) is 4. The lowest BCUT2D eigenvalue weighted by atomic mass is 10.1. The quantitative estimate of drug-likeness (QED) is 0.716. The Morgan fingerprint density at radius 3 is 2.45 bits per heavy atom. The van der Waals surface area contributed by atoms with Crippen molar-refractivity contribution < 1.29 is 14.7 Å². The van der Waals surface area contributed by atoms with Gasteiger partial charge in [0.15, 0.2) is 0 Å². The monoisotopic (exact) mass is 301 g/mol. The molecule has 116 valence electrons. The Hall–Kier alpha value is -2.57. The maximum atomic E-state index is 10.7. The molecule has 2 rings (SSSR count). The van der Waals surface area contributed by atoms with Crippen LogP contribution in [0.2, 0.25) is 0 Å². The first-order chi connectivity index (χ1) is 10.6. The molecular formula is C16H19N3O3. The van der Waals surface area contributed by atoms with Gasteiger partial charge in [-0.3, -0.25) is 5.21 Å². The fourth-order valence-electron chi connectivity index (χ4n) is 1.93. The van der Waals surface area contributed by atoms with Crippen molar-refractivity contribution in [3.8, 4) is 5.75 Å². The van der Waals surface area contributed by atoms with Gasteiger partial charge in [0.05, 0.1) is 6.04 Å². The number of urea groups is 1. The molecule has 2 aromatic carbocycles. The lowest BCUT2D eigenvalue weighted by Gasteiger charge is -2.22. The Morgan fingerprint density at radius 1 is 1.23 bits per heavy atom. The Kier molecular flexibility index (Phi) is 5.35. The molecule has 0 aliphatic rings. The highest BCUT2D eigenvalue weighted by Crippen LogP contribution is 2.21. The number of carbonyl (C=O) groups excluding carboxylic acids is 1. The Bertz CT molecular complexity index is 602. The minimum Gasteiger partial charge on any atom is -0.489 e. The fourth-order valence-corrected chi connectivity index (χ4v) is 1.93. The number of hydroxylamine groups is 1. The lowest BCUT2D eigenvalue weighted by Crippen LogP contribution is -2.44. The highest BCUT2D eigenvalue weighted by molar-refractivity contribution is 5.70. The first-order valence-corrected chi connectivity index (χ1v) is 6.87. The second kappa shape index (κ2) is 7.44. The predicted octanol–water partition coefficient (Wildman–Crippen LogP) is 2.60. The van der Waals surface area contributed by atoms with Crippen molar-refractivity contribution in [2.45, 2.75) is 19.6 Å². The number of benzene rings is 2. The minimum atomic E-state index is -0.822. The number of primary amides is 1. The third-order valence-corrected chi connectivity index (χ3v) is 3.20. The second-order valence-corrected chi connectivity index (χ2v) is 4.84. The van der Waals surface area contributed by atoms with Crippen molar-refractivity contribution in [2.75, 3.05) is 0 Å². The van der Waals surface area contributed by atoms with Gasteiger partial charge in [-0.15, -0.1) is 0 Å². The van der Waals surface area contributed by atoms with Crippen molar-refractivity contribution >= 4 is 6.03 Å². The number of amides is 2. The number of ether oxygens (including phenoxy) is 1. The first kappa shape index (κ1) is 15.8. The number of hydrogen-bond donors (Lipinski definition) is 3. The summed E-state index contributed by atoms with van der Waals surface area (Å²) in [6.45, 7) is 2.22. The van der Waals surface area contributed by atoms with E-state index < -0.39 is 12.1 Å². The summed E-state index contributed by atoms with van der Waals surface area (Å²) in [5.41, 5.74) is 8.95. The van der Waals surface area contributed by atoms with E-state index in [0.717, 1.165) is 16.9 Å².